The summed E-state index contributed by atoms with van der Waals surface area (Å²) in [6.45, 7) is 1.18. The van der Waals surface area contributed by atoms with Crippen molar-refractivity contribution in [1.29, 1.82) is 0 Å². The Labute approximate surface area is 110 Å². The predicted molar refractivity (Wildman–Crippen MR) is 68.2 cm³/mol. The molecule has 6 heteroatoms. The molecule has 0 aliphatic heterocycles. The number of nitrogens with zero attached hydrogens (tertiary/aromatic N) is 3. The lowest BCUT2D eigenvalue weighted by atomic mass is 10.2. The van der Waals surface area contributed by atoms with Crippen LogP contribution in [0.4, 0.5) is 0 Å². The second-order valence-electron chi connectivity index (χ2n) is 3.98. The number of likely N-dealkylation sites (N-methyl/N-ethyl adjacent to an activating group) is 1. The molecule has 5 nitrogen and oxygen atoms in total. The van der Waals surface area contributed by atoms with Crippen molar-refractivity contribution < 1.29 is 9.63 Å². The molecule has 1 N–H and O–H groups in total. The average molecular weight is 268 g/mol. The molecule has 0 spiro atoms. The Kier molecular flexibility index (Phi) is 4.30. The first-order valence-corrected chi connectivity index (χ1v) is 5.95. The minimum absolute atomic E-state index is 0.103. The number of halogens is 1. The second-order valence-corrected chi connectivity index (χ2v) is 4.42. The third kappa shape index (κ3) is 3.29. The number of hydrogen-bond acceptors (Lipinski definition) is 5. The van der Waals surface area contributed by atoms with E-state index in [1.807, 2.05) is 24.1 Å². The molecule has 0 radical (unpaired) electrons. The zero-order chi connectivity index (χ0) is 13.0. The average Bonchev–Trinajstić information content (AvgIpc) is 2.78. The lowest BCUT2D eigenvalue weighted by Gasteiger charge is -2.10. The molecule has 0 saturated heterocycles. The van der Waals surface area contributed by atoms with Crippen LogP contribution in [0.5, 0.6) is 0 Å². The smallest absolute Gasteiger partial charge is 0.241 e. The van der Waals surface area contributed by atoms with Crippen molar-refractivity contribution in [2.75, 3.05) is 20.2 Å². The summed E-state index contributed by atoms with van der Waals surface area (Å²) in [4.78, 5) is 6.18. The van der Waals surface area contributed by atoms with Crippen molar-refractivity contribution in [3.8, 4) is 11.4 Å². The van der Waals surface area contributed by atoms with Crippen molar-refractivity contribution in [2.24, 2.45) is 0 Å². The van der Waals surface area contributed by atoms with E-state index >= 15 is 0 Å². The summed E-state index contributed by atoms with van der Waals surface area (Å²) >= 11 is 5.90. The molecule has 1 aromatic carbocycles. The van der Waals surface area contributed by atoms with E-state index in [0.29, 0.717) is 29.8 Å². The molecule has 18 heavy (non-hydrogen) atoms. The van der Waals surface area contributed by atoms with Crippen molar-refractivity contribution in [2.45, 2.75) is 6.54 Å². The molecule has 2 rings (SSSR count). The molecule has 0 amide bonds. The SMILES string of the molecule is CN(CCO)Cc1nc(-c2cccc(Cl)c2)no1. The quantitative estimate of drug-likeness (QED) is 0.895. The molecular formula is C12H14ClN3O2. The minimum Gasteiger partial charge on any atom is -0.395 e. The summed E-state index contributed by atoms with van der Waals surface area (Å²) in [5.41, 5.74) is 0.822. The summed E-state index contributed by atoms with van der Waals surface area (Å²) < 4.78 is 5.15. The van der Waals surface area contributed by atoms with Crippen LogP contribution in [0.15, 0.2) is 28.8 Å². The van der Waals surface area contributed by atoms with E-state index in [0.717, 1.165) is 5.56 Å². The maximum absolute atomic E-state index is 8.81. The van der Waals surface area contributed by atoms with E-state index < -0.39 is 0 Å². The van der Waals surface area contributed by atoms with Crippen LogP contribution in [0, 0.1) is 0 Å². The van der Waals surface area contributed by atoms with E-state index in [1.54, 1.807) is 12.1 Å². The molecule has 0 bridgehead atoms. The van der Waals surface area contributed by atoms with Gasteiger partial charge < -0.3 is 9.63 Å². The highest BCUT2D eigenvalue weighted by molar-refractivity contribution is 6.30. The first-order chi connectivity index (χ1) is 8.69. The molecule has 96 valence electrons. The van der Waals surface area contributed by atoms with Crippen molar-refractivity contribution in [1.82, 2.24) is 15.0 Å². The van der Waals surface area contributed by atoms with Gasteiger partial charge in [-0.3, -0.25) is 4.90 Å². The maximum atomic E-state index is 8.81. The van der Waals surface area contributed by atoms with Crippen LogP contribution in [0.2, 0.25) is 5.02 Å². The molecule has 1 aromatic heterocycles. The Hall–Kier alpha value is -1.43. The molecule has 2 aromatic rings. The fraction of sp³-hybridized carbons (Fsp3) is 0.333. The van der Waals surface area contributed by atoms with Gasteiger partial charge in [-0.1, -0.05) is 28.9 Å². The van der Waals surface area contributed by atoms with Crippen LogP contribution < -0.4 is 0 Å². The fourth-order valence-corrected chi connectivity index (χ4v) is 1.73. The lowest BCUT2D eigenvalue weighted by Crippen LogP contribution is -2.21. The summed E-state index contributed by atoms with van der Waals surface area (Å²) in [5.74, 6) is 1.03. The molecule has 0 aliphatic rings. The van der Waals surface area contributed by atoms with Gasteiger partial charge in [0.1, 0.15) is 0 Å². The second kappa shape index (κ2) is 5.95. The van der Waals surface area contributed by atoms with Gasteiger partial charge in [-0.25, -0.2) is 0 Å². The molecule has 1 heterocycles. The van der Waals surface area contributed by atoms with E-state index in [-0.39, 0.29) is 6.61 Å². The zero-order valence-corrected chi connectivity index (χ0v) is 10.8. The summed E-state index contributed by atoms with van der Waals surface area (Å²) in [6.07, 6.45) is 0. The first-order valence-electron chi connectivity index (χ1n) is 5.57. The maximum Gasteiger partial charge on any atom is 0.241 e. The van der Waals surface area contributed by atoms with Gasteiger partial charge in [0, 0.05) is 17.1 Å². The molecule has 0 aliphatic carbocycles. The van der Waals surface area contributed by atoms with E-state index in [1.165, 1.54) is 0 Å². The van der Waals surface area contributed by atoms with Crippen LogP contribution >= 0.6 is 11.6 Å². The topological polar surface area (TPSA) is 62.4 Å². The standard InChI is InChI=1S/C12H14ClN3O2/c1-16(5-6-17)8-11-14-12(15-18-11)9-3-2-4-10(13)7-9/h2-4,7,17H,5-6,8H2,1H3. The first kappa shape index (κ1) is 13.0. The van der Waals surface area contributed by atoms with Crippen molar-refractivity contribution in [3.05, 3.63) is 35.2 Å². The van der Waals surface area contributed by atoms with Gasteiger partial charge in [-0.15, -0.1) is 0 Å². The van der Waals surface area contributed by atoms with Crippen LogP contribution in [-0.2, 0) is 6.54 Å². The Morgan fingerprint density at radius 3 is 3.00 bits per heavy atom. The molecule has 0 unspecified atom stereocenters. The summed E-state index contributed by atoms with van der Waals surface area (Å²) in [6, 6.07) is 7.29. The van der Waals surface area contributed by atoms with Gasteiger partial charge in [0.2, 0.25) is 11.7 Å². The number of aliphatic hydroxyl groups excluding tert-OH is 1. The highest BCUT2D eigenvalue weighted by Gasteiger charge is 2.10. The Bertz CT molecular complexity index is 516. The van der Waals surface area contributed by atoms with Crippen LogP contribution in [0.1, 0.15) is 5.89 Å². The fourth-order valence-electron chi connectivity index (χ4n) is 1.54. The van der Waals surface area contributed by atoms with Gasteiger partial charge in [0.15, 0.2) is 0 Å². The van der Waals surface area contributed by atoms with Gasteiger partial charge >= 0.3 is 0 Å². The Balaban J connectivity index is 2.10. The lowest BCUT2D eigenvalue weighted by molar-refractivity contribution is 0.200. The normalized spacial score (nSPS) is 11.1. The minimum atomic E-state index is 0.103. The number of hydrogen-bond donors (Lipinski definition) is 1. The van der Waals surface area contributed by atoms with Gasteiger partial charge in [0.25, 0.3) is 0 Å². The summed E-state index contributed by atoms with van der Waals surface area (Å²) in [5, 5.41) is 13.3. The third-order valence-electron chi connectivity index (χ3n) is 2.44. The number of benzene rings is 1. The van der Waals surface area contributed by atoms with Gasteiger partial charge in [0.05, 0.1) is 13.2 Å². The Morgan fingerprint density at radius 2 is 2.28 bits per heavy atom. The largest absolute Gasteiger partial charge is 0.395 e. The predicted octanol–water partition coefficient (Wildman–Crippen LogP) is 1.81. The monoisotopic (exact) mass is 267 g/mol. The summed E-state index contributed by atoms with van der Waals surface area (Å²) in [7, 11) is 1.87. The van der Waals surface area contributed by atoms with Crippen LogP contribution in [0.25, 0.3) is 11.4 Å². The highest BCUT2D eigenvalue weighted by atomic mass is 35.5. The molecule has 0 saturated carbocycles. The molecule has 0 fully saturated rings. The van der Waals surface area contributed by atoms with E-state index in [4.69, 9.17) is 21.2 Å². The van der Waals surface area contributed by atoms with Crippen molar-refractivity contribution >= 4 is 11.6 Å². The highest BCUT2D eigenvalue weighted by Crippen LogP contribution is 2.20. The van der Waals surface area contributed by atoms with Crippen LogP contribution in [-0.4, -0.2) is 40.3 Å². The molecular weight excluding hydrogens is 254 g/mol. The number of rotatable bonds is 5. The zero-order valence-electron chi connectivity index (χ0n) is 10.0. The number of aromatic nitrogens is 2. The number of aliphatic hydroxyl groups is 1. The van der Waals surface area contributed by atoms with Gasteiger partial charge in [-0.05, 0) is 19.2 Å². The Morgan fingerprint density at radius 1 is 1.44 bits per heavy atom. The van der Waals surface area contributed by atoms with Gasteiger partial charge in [-0.2, -0.15) is 4.98 Å². The van der Waals surface area contributed by atoms with E-state index in [9.17, 15) is 0 Å². The third-order valence-corrected chi connectivity index (χ3v) is 2.67. The van der Waals surface area contributed by atoms with E-state index in [2.05, 4.69) is 10.1 Å². The molecule has 0 atom stereocenters. The van der Waals surface area contributed by atoms with Crippen LogP contribution in [0.3, 0.4) is 0 Å². The van der Waals surface area contributed by atoms with Crippen molar-refractivity contribution in [3.63, 3.8) is 0 Å².